The van der Waals surface area contributed by atoms with E-state index < -0.39 is 17.0 Å². The monoisotopic (exact) mass is 271 g/mol. The lowest BCUT2D eigenvalue weighted by Gasteiger charge is -2.10. The molecule has 0 aromatic heterocycles. The maximum absolute atomic E-state index is 11.4. The first-order chi connectivity index (χ1) is 8.47. The number of benzene rings is 1. The van der Waals surface area contributed by atoms with Gasteiger partial charge in [0.1, 0.15) is 11.9 Å². The number of nitro benzene ring substituents is 1. The molecule has 7 heteroatoms. The highest BCUT2D eigenvalue weighted by molar-refractivity contribution is 6.32. The molecule has 0 N–H and O–H groups in total. The van der Waals surface area contributed by atoms with Crippen LogP contribution in [0.2, 0.25) is 5.02 Å². The van der Waals surface area contributed by atoms with E-state index in [0.717, 1.165) is 0 Å². The van der Waals surface area contributed by atoms with Gasteiger partial charge in [-0.1, -0.05) is 11.6 Å². The van der Waals surface area contributed by atoms with Gasteiger partial charge in [-0.3, -0.25) is 10.1 Å². The van der Waals surface area contributed by atoms with Gasteiger partial charge in [-0.25, -0.2) is 4.79 Å². The Hall–Kier alpha value is -1.82. The molecule has 96 valence electrons. The summed E-state index contributed by atoms with van der Waals surface area (Å²) in [7, 11) is 0. The third-order valence-corrected chi connectivity index (χ3v) is 2.82. The average Bonchev–Trinajstić information content (AvgIpc) is 2.60. The molecular formula is C11H10ClNO5. The molecule has 0 bridgehead atoms. The second-order valence-corrected chi connectivity index (χ2v) is 4.37. The van der Waals surface area contributed by atoms with Gasteiger partial charge in [0.15, 0.2) is 6.10 Å². The number of carbonyl (C=O) groups is 1. The van der Waals surface area contributed by atoms with Crippen molar-refractivity contribution in [1.82, 2.24) is 0 Å². The number of rotatable bonds is 3. The smallest absolute Gasteiger partial charge is 0.347 e. The molecule has 1 aromatic rings. The third kappa shape index (κ3) is 2.53. The van der Waals surface area contributed by atoms with Crippen LogP contribution in [-0.4, -0.2) is 23.1 Å². The number of nitro groups is 1. The Balaban J connectivity index is 2.15. The van der Waals surface area contributed by atoms with Crippen LogP contribution in [0.4, 0.5) is 5.69 Å². The topological polar surface area (TPSA) is 78.7 Å². The van der Waals surface area contributed by atoms with Crippen LogP contribution in [-0.2, 0) is 9.53 Å². The molecule has 2 unspecified atom stereocenters. The molecule has 0 radical (unpaired) electrons. The molecule has 1 aliphatic heterocycles. The van der Waals surface area contributed by atoms with Gasteiger partial charge in [0.2, 0.25) is 0 Å². The van der Waals surface area contributed by atoms with Gasteiger partial charge < -0.3 is 9.47 Å². The maximum Gasteiger partial charge on any atom is 0.347 e. The van der Waals surface area contributed by atoms with Crippen molar-refractivity contribution in [3.8, 4) is 5.75 Å². The molecule has 0 amide bonds. The number of cyclic esters (lactones) is 1. The van der Waals surface area contributed by atoms with Crippen LogP contribution in [0.15, 0.2) is 18.2 Å². The predicted octanol–water partition coefficient (Wildman–Crippen LogP) is 2.33. The number of hydrogen-bond acceptors (Lipinski definition) is 5. The summed E-state index contributed by atoms with van der Waals surface area (Å²) in [6.07, 6.45) is -0.468. The molecule has 2 atom stereocenters. The van der Waals surface area contributed by atoms with Crippen LogP contribution < -0.4 is 4.74 Å². The van der Waals surface area contributed by atoms with E-state index in [9.17, 15) is 14.9 Å². The second kappa shape index (κ2) is 4.81. The number of halogens is 1. The van der Waals surface area contributed by atoms with Crippen LogP contribution >= 0.6 is 11.6 Å². The number of hydrogen-bond donors (Lipinski definition) is 0. The minimum absolute atomic E-state index is 0.0940. The summed E-state index contributed by atoms with van der Waals surface area (Å²) in [6.45, 7) is 1.76. The molecule has 6 nitrogen and oxygen atoms in total. The second-order valence-electron chi connectivity index (χ2n) is 3.96. The summed E-state index contributed by atoms with van der Waals surface area (Å²) in [5.74, 6) is -0.213. The van der Waals surface area contributed by atoms with E-state index in [0.29, 0.717) is 6.42 Å². The summed E-state index contributed by atoms with van der Waals surface area (Å²) in [5.41, 5.74) is -0.130. The fourth-order valence-corrected chi connectivity index (χ4v) is 1.89. The molecule has 0 saturated carbocycles. The summed E-state index contributed by atoms with van der Waals surface area (Å²) in [5, 5.41) is 10.6. The van der Waals surface area contributed by atoms with Crippen molar-refractivity contribution >= 4 is 23.3 Å². The standard InChI is InChI=1S/C11H10ClNO5/c1-6-4-10(11(14)17-6)18-9-3-2-7(13(15)16)5-8(9)12/h2-3,5-6,10H,4H2,1H3. The first kappa shape index (κ1) is 12.6. The van der Waals surface area contributed by atoms with E-state index in [4.69, 9.17) is 21.1 Å². The number of esters is 1. The van der Waals surface area contributed by atoms with Gasteiger partial charge in [-0.15, -0.1) is 0 Å². The fourth-order valence-electron chi connectivity index (χ4n) is 1.67. The van der Waals surface area contributed by atoms with Crippen LogP contribution in [0.3, 0.4) is 0 Å². The van der Waals surface area contributed by atoms with Gasteiger partial charge in [-0.2, -0.15) is 0 Å². The van der Waals surface area contributed by atoms with Crippen molar-refractivity contribution in [3.63, 3.8) is 0 Å². The van der Waals surface area contributed by atoms with E-state index in [1.165, 1.54) is 18.2 Å². The first-order valence-electron chi connectivity index (χ1n) is 5.28. The quantitative estimate of drug-likeness (QED) is 0.479. The lowest BCUT2D eigenvalue weighted by molar-refractivity contribution is -0.384. The molecule has 18 heavy (non-hydrogen) atoms. The number of ether oxygens (including phenoxy) is 2. The largest absolute Gasteiger partial charge is 0.477 e. The highest BCUT2D eigenvalue weighted by Gasteiger charge is 2.34. The van der Waals surface area contributed by atoms with Crippen molar-refractivity contribution in [3.05, 3.63) is 33.3 Å². The molecule has 1 aromatic carbocycles. The Morgan fingerprint density at radius 2 is 2.28 bits per heavy atom. The average molecular weight is 272 g/mol. The zero-order valence-corrected chi connectivity index (χ0v) is 10.2. The van der Waals surface area contributed by atoms with E-state index in [-0.39, 0.29) is 22.6 Å². The maximum atomic E-state index is 11.4. The molecule has 0 aliphatic carbocycles. The summed E-state index contributed by atoms with van der Waals surface area (Å²) < 4.78 is 10.3. The molecule has 0 spiro atoms. The Kier molecular flexibility index (Phi) is 3.38. The normalized spacial score (nSPS) is 22.7. The first-order valence-corrected chi connectivity index (χ1v) is 5.66. The van der Waals surface area contributed by atoms with Gasteiger partial charge >= 0.3 is 5.97 Å². The number of carbonyl (C=O) groups excluding carboxylic acids is 1. The number of non-ortho nitro benzene ring substituents is 1. The Morgan fingerprint density at radius 1 is 1.56 bits per heavy atom. The van der Waals surface area contributed by atoms with Gasteiger partial charge in [0.05, 0.1) is 9.95 Å². The van der Waals surface area contributed by atoms with Crippen LogP contribution in [0.5, 0.6) is 5.75 Å². The van der Waals surface area contributed by atoms with E-state index in [2.05, 4.69) is 0 Å². The van der Waals surface area contributed by atoms with Crippen molar-refractivity contribution in [2.24, 2.45) is 0 Å². The minimum atomic E-state index is -0.709. The Bertz CT molecular complexity index is 504. The lowest BCUT2D eigenvalue weighted by Crippen LogP contribution is -2.21. The molecule has 1 heterocycles. The molecule has 1 fully saturated rings. The van der Waals surface area contributed by atoms with E-state index in [1.807, 2.05) is 0 Å². The summed E-state index contributed by atoms with van der Waals surface area (Å²) >= 11 is 5.85. The Labute approximate surface area is 108 Å². The van der Waals surface area contributed by atoms with Gasteiger partial charge in [0, 0.05) is 18.6 Å². The molecule has 1 saturated heterocycles. The van der Waals surface area contributed by atoms with Crippen LogP contribution in [0, 0.1) is 10.1 Å². The molecule has 2 rings (SSSR count). The van der Waals surface area contributed by atoms with Gasteiger partial charge in [-0.05, 0) is 13.0 Å². The fraction of sp³-hybridized carbons (Fsp3) is 0.364. The minimum Gasteiger partial charge on any atom is -0.477 e. The highest BCUT2D eigenvalue weighted by atomic mass is 35.5. The summed E-state index contributed by atoms with van der Waals surface area (Å²) in [6, 6.07) is 3.82. The van der Waals surface area contributed by atoms with Crippen LogP contribution in [0.25, 0.3) is 0 Å². The van der Waals surface area contributed by atoms with E-state index >= 15 is 0 Å². The highest BCUT2D eigenvalue weighted by Crippen LogP contribution is 2.31. The zero-order valence-electron chi connectivity index (χ0n) is 9.46. The zero-order chi connectivity index (χ0) is 13.3. The van der Waals surface area contributed by atoms with Crippen molar-refractivity contribution in [1.29, 1.82) is 0 Å². The predicted molar refractivity (Wildman–Crippen MR) is 62.7 cm³/mol. The SMILES string of the molecule is CC1CC(Oc2ccc([N+](=O)[O-])cc2Cl)C(=O)O1. The van der Waals surface area contributed by atoms with Crippen molar-refractivity contribution in [2.45, 2.75) is 25.6 Å². The third-order valence-electron chi connectivity index (χ3n) is 2.52. The Morgan fingerprint density at radius 3 is 2.78 bits per heavy atom. The van der Waals surface area contributed by atoms with Crippen LogP contribution in [0.1, 0.15) is 13.3 Å². The lowest BCUT2D eigenvalue weighted by atomic mass is 10.2. The molecule has 1 aliphatic rings. The molecular weight excluding hydrogens is 262 g/mol. The summed E-state index contributed by atoms with van der Waals surface area (Å²) in [4.78, 5) is 21.4. The van der Waals surface area contributed by atoms with Gasteiger partial charge in [0.25, 0.3) is 5.69 Å². The number of nitrogens with zero attached hydrogens (tertiary/aromatic N) is 1. The van der Waals surface area contributed by atoms with Crippen molar-refractivity contribution < 1.29 is 19.2 Å². The van der Waals surface area contributed by atoms with Crippen molar-refractivity contribution in [2.75, 3.05) is 0 Å². The van der Waals surface area contributed by atoms with E-state index in [1.54, 1.807) is 6.92 Å².